The van der Waals surface area contributed by atoms with E-state index in [1.54, 1.807) is 47.0 Å². The van der Waals surface area contributed by atoms with Crippen molar-refractivity contribution in [2.75, 3.05) is 0 Å². The molecule has 0 fully saturated rings. The molecule has 0 spiro atoms. The normalized spacial score (nSPS) is 11.3. The first-order valence-corrected chi connectivity index (χ1v) is 17.8. The van der Waals surface area contributed by atoms with Crippen LogP contribution >= 0.6 is 47.0 Å². The number of fused-ring (bicyclic) bond motifs is 3. The Morgan fingerprint density at radius 2 is 0.894 bits per heavy atom. The van der Waals surface area contributed by atoms with Gasteiger partial charge in [-0.2, -0.15) is 0 Å². The zero-order chi connectivity index (χ0) is 31.4. The zero-order valence-electron chi connectivity index (χ0n) is 24.5. The highest BCUT2D eigenvalue weighted by Crippen LogP contribution is 2.40. The summed E-state index contributed by atoms with van der Waals surface area (Å²) in [4.78, 5) is 15.7. The summed E-state index contributed by atoms with van der Waals surface area (Å²) in [6.07, 6.45) is 4.99. The molecule has 8 aromatic rings. The van der Waals surface area contributed by atoms with Crippen LogP contribution in [0.5, 0.6) is 0 Å². The Morgan fingerprint density at radius 3 is 1.36 bits per heavy atom. The molecule has 0 saturated heterocycles. The van der Waals surface area contributed by atoms with E-state index in [0.717, 1.165) is 61.2 Å². The van der Waals surface area contributed by atoms with Gasteiger partial charge in [-0.3, -0.25) is 4.57 Å². The second-order valence-electron chi connectivity index (χ2n) is 10.2. The van der Waals surface area contributed by atoms with Gasteiger partial charge in [-0.1, -0.05) is 83.4 Å². The number of pyridine rings is 2. The second kappa shape index (κ2) is 13.6. The summed E-state index contributed by atoms with van der Waals surface area (Å²) in [7, 11) is 0. The van der Waals surface area contributed by atoms with Crippen molar-refractivity contribution in [3.63, 3.8) is 0 Å². The molecule has 0 saturated carbocycles. The Hall–Kier alpha value is -4.68. The molecule has 0 unspecified atom stereocenters. The van der Waals surface area contributed by atoms with Crippen molar-refractivity contribution in [2.24, 2.45) is 0 Å². The van der Waals surface area contributed by atoms with E-state index in [-0.39, 0.29) is 0 Å². The van der Waals surface area contributed by atoms with Gasteiger partial charge >= 0.3 is 0 Å². The first kappa shape index (κ1) is 29.7. The van der Waals surface area contributed by atoms with Crippen LogP contribution in [-0.4, -0.2) is 34.9 Å². The largest absolute Gasteiger partial charge is 0.275 e. The molecule has 0 atom stereocenters. The predicted octanol–water partition coefficient (Wildman–Crippen LogP) is 9.76. The van der Waals surface area contributed by atoms with Crippen molar-refractivity contribution < 1.29 is 0 Å². The maximum absolute atomic E-state index is 4.46. The Labute approximate surface area is 287 Å². The molecule has 226 valence electrons. The highest BCUT2D eigenvalue weighted by molar-refractivity contribution is 8.00. The summed E-state index contributed by atoms with van der Waals surface area (Å²) in [5.41, 5.74) is 1.99. The third-order valence-corrected chi connectivity index (χ3v) is 10.9. The molecular weight excluding hydrogens is 659 g/mol. The molecule has 11 heteroatoms. The van der Waals surface area contributed by atoms with Crippen molar-refractivity contribution in [1.82, 2.24) is 34.9 Å². The number of aromatic nitrogens is 7. The van der Waals surface area contributed by atoms with Gasteiger partial charge in [0.05, 0.1) is 11.0 Å². The molecule has 8 rings (SSSR count). The molecule has 7 nitrogen and oxygen atoms in total. The van der Waals surface area contributed by atoms with Crippen LogP contribution in [0.2, 0.25) is 0 Å². The molecule has 0 N–H and O–H groups in total. The highest BCUT2D eigenvalue weighted by Gasteiger charge is 2.17. The van der Waals surface area contributed by atoms with E-state index in [4.69, 9.17) is 0 Å². The minimum absolute atomic E-state index is 0.430. The van der Waals surface area contributed by atoms with Crippen LogP contribution in [0.15, 0.2) is 179 Å². The van der Waals surface area contributed by atoms with Crippen LogP contribution in [0.1, 0.15) is 0 Å². The van der Waals surface area contributed by atoms with Crippen molar-refractivity contribution in [2.45, 2.75) is 39.4 Å². The van der Waals surface area contributed by atoms with Crippen LogP contribution in [0.25, 0.3) is 27.8 Å². The topological polar surface area (TPSA) is 82.3 Å². The van der Waals surface area contributed by atoms with Gasteiger partial charge in [0.25, 0.3) is 5.95 Å². The monoisotopic (exact) mass is 681 g/mol. The minimum atomic E-state index is 0.430. The average molecular weight is 682 g/mol. The van der Waals surface area contributed by atoms with Gasteiger partial charge in [0.2, 0.25) is 0 Å². The Morgan fingerprint density at radius 1 is 0.426 bits per heavy atom. The van der Waals surface area contributed by atoms with Crippen LogP contribution < -0.4 is 0 Å². The van der Waals surface area contributed by atoms with Gasteiger partial charge < -0.3 is 0 Å². The SMILES string of the molecule is c1ccc(Sc2cccc(Sc3ccc4c5ccc(Sc6cccc(Sc7ccccn7)c6)cc5n(-c5nncnn5)c4c3)c2)nc1. The van der Waals surface area contributed by atoms with Crippen molar-refractivity contribution in [1.29, 1.82) is 0 Å². The van der Waals surface area contributed by atoms with E-state index >= 15 is 0 Å². The fourth-order valence-electron chi connectivity index (χ4n) is 5.14. The van der Waals surface area contributed by atoms with Gasteiger partial charge in [-0.05, 0) is 84.9 Å². The molecular formula is C36H23N7S4. The number of rotatable bonds is 9. The fourth-order valence-corrected chi connectivity index (χ4v) is 8.78. The summed E-state index contributed by atoms with van der Waals surface area (Å²) in [5.74, 6) is 0.430. The summed E-state index contributed by atoms with van der Waals surface area (Å²) in [6, 6.07) is 42.1. The van der Waals surface area contributed by atoms with Gasteiger partial charge in [-0.25, -0.2) is 9.97 Å². The molecule has 4 aromatic heterocycles. The molecule has 0 radical (unpaired) electrons. The molecule has 0 aliphatic heterocycles. The van der Waals surface area contributed by atoms with E-state index in [1.165, 1.54) is 6.33 Å². The van der Waals surface area contributed by atoms with E-state index in [1.807, 2.05) is 48.8 Å². The number of nitrogens with zero attached hydrogens (tertiary/aromatic N) is 7. The summed E-state index contributed by atoms with van der Waals surface area (Å²) in [5, 5.41) is 21.0. The number of hydrogen-bond acceptors (Lipinski definition) is 10. The van der Waals surface area contributed by atoms with Crippen LogP contribution in [0, 0.1) is 0 Å². The van der Waals surface area contributed by atoms with E-state index in [2.05, 4.69) is 120 Å². The third kappa shape index (κ3) is 6.75. The molecule has 47 heavy (non-hydrogen) atoms. The lowest BCUT2D eigenvalue weighted by Crippen LogP contribution is -2.03. The molecule has 4 aromatic carbocycles. The summed E-state index contributed by atoms with van der Waals surface area (Å²) >= 11 is 6.75. The smallest absolute Gasteiger partial charge is 0.273 e. The summed E-state index contributed by atoms with van der Waals surface area (Å²) < 4.78 is 2.06. The lowest BCUT2D eigenvalue weighted by Gasteiger charge is -2.08. The molecule has 0 aliphatic carbocycles. The Bertz CT molecular complexity index is 2170. The standard InChI is InChI=1S/C36H23N7S4/c1-3-17-37-34(11-1)46-26-9-5-7-24(19-26)44-28-13-15-30-31-16-14-29(22-33(31)43(32(30)21-28)36-41-39-23-40-42-36)45-25-8-6-10-27(20-25)47-35-12-2-4-18-38-35/h1-23H. The van der Waals surface area contributed by atoms with Gasteiger partial charge in [-0.15, -0.1) is 20.4 Å². The number of hydrogen-bond donors (Lipinski definition) is 0. The predicted molar refractivity (Wildman–Crippen MR) is 190 cm³/mol. The van der Waals surface area contributed by atoms with Crippen molar-refractivity contribution >= 4 is 68.9 Å². The molecule has 0 amide bonds. The van der Waals surface area contributed by atoms with Gasteiger partial charge in [0, 0.05) is 52.5 Å². The van der Waals surface area contributed by atoms with Crippen molar-refractivity contribution in [3.8, 4) is 5.95 Å². The zero-order valence-corrected chi connectivity index (χ0v) is 27.8. The van der Waals surface area contributed by atoms with Crippen molar-refractivity contribution in [3.05, 3.63) is 140 Å². The van der Waals surface area contributed by atoms with E-state index < -0.39 is 0 Å². The Kier molecular flexibility index (Phi) is 8.59. The second-order valence-corrected chi connectivity index (χ2v) is 14.7. The first-order valence-electron chi connectivity index (χ1n) is 14.6. The average Bonchev–Trinajstić information content (AvgIpc) is 3.42. The maximum Gasteiger partial charge on any atom is 0.273 e. The third-order valence-electron chi connectivity index (χ3n) is 7.11. The van der Waals surface area contributed by atoms with Crippen LogP contribution in [-0.2, 0) is 0 Å². The maximum atomic E-state index is 4.46. The van der Waals surface area contributed by atoms with E-state index in [9.17, 15) is 0 Å². The summed E-state index contributed by atoms with van der Waals surface area (Å²) in [6.45, 7) is 0. The minimum Gasteiger partial charge on any atom is -0.275 e. The van der Waals surface area contributed by atoms with Crippen LogP contribution in [0.3, 0.4) is 0 Å². The first-order chi connectivity index (χ1) is 23.2. The van der Waals surface area contributed by atoms with E-state index in [0.29, 0.717) is 5.95 Å². The van der Waals surface area contributed by atoms with Gasteiger partial charge in [0.15, 0.2) is 6.33 Å². The lowest BCUT2D eigenvalue weighted by molar-refractivity contribution is 0.801. The lowest BCUT2D eigenvalue weighted by atomic mass is 10.1. The number of benzene rings is 4. The molecule has 0 aliphatic rings. The fraction of sp³-hybridized carbons (Fsp3) is 0. The van der Waals surface area contributed by atoms with Gasteiger partial charge in [0.1, 0.15) is 10.1 Å². The molecule has 0 bridgehead atoms. The molecule has 4 heterocycles. The Balaban J connectivity index is 1.13. The van der Waals surface area contributed by atoms with Crippen LogP contribution in [0.4, 0.5) is 0 Å². The highest BCUT2D eigenvalue weighted by atomic mass is 32.2. The quantitative estimate of drug-likeness (QED) is 0.147.